The Kier molecular flexibility index (Phi) is 7.42. The maximum absolute atomic E-state index is 10.8. The van der Waals surface area contributed by atoms with Gasteiger partial charge in [-0.2, -0.15) is 0 Å². The highest BCUT2D eigenvalue weighted by molar-refractivity contribution is 7.88. The molecule has 1 heterocycles. The van der Waals surface area contributed by atoms with Gasteiger partial charge in [-0.05, 0) is 30.2 Å². The van der Waals surface area contributed by atoms with Gasteiger partial charge in [-0.3, -0.25) is 4.98 Å². The Morgan fingerprint density at radius 1 is 1.10 bits per heavy atom. The molecule has 0 fully saturated rings. The second-order valence-electron chi connectivity index (χ2n) is 4.25. The summed E-state index contributed by atoms with van der Waals surface area (Å²) in [7, 11) is -1.50. The average molecular weight is 308 g/mol. The standard InChI is InChI=1S/C10H15NO3S.C5H5N/c1-14-10-6-4-3-5-9(10)7-8-11-15(2,12)13;1-2-4-6-5-3-1/h3-6,11H,7-8H2,1-2H3;1-5H. The number of sulfonamides is 1. The van der Waals surface area contributed by atoms with Gasteiger partial charge in [0.15, 0.2) is 0 Å². The monoisotopic (exact) mass is 308 g/mol. The van der Waals surface area contributed by atoms with E-state index in [2.05, 4.69) is 9.71 Å². The minimum absolute atomic E-state index is 0.388. The van der Waals surface area contributed by atoms with E-state index < -0.39 is 10.0 Å². The summed E-state index contributed by atoms with van der Waals surface area (Å²) in [5.41, 5.74) is 0.996. The van der Waals surface area contributed by atoms with Crippen LogP contribution in [0.25, 0.3) is 0 Å². The van der Waals surface area contributed by atoms with Crippen molar-refractivity contribution in [1.29, 1.82) is 0 Å². The fraction of sp³-hybridized carbons (Fsp3) is 0.267. The topological polar surface area (TPSA) is 68.3 Å². The van der Waals surface area contributed by atoms with Gasteiger partial charge in [-0.1, -0.05) is 24.3 Å². The molecular formula is C15H20N2O3S. The second-order valence-corrected chi connectivity index (χ2v) is 6.09. The van der Waals surface area contributed by atoms with Crippen molar-refractivity contribution in [3.8, 4) is 5.75 Å². The summed E-state index contributed by atoms with van der Waals surface area (Å²) < 4.78 is 29.3. The Morgan fingerprint density at radius 3 is 2.24 bits per heavy atom. The third-order valence-corrected chi connectivity index (χ3v) is 3.25. The maximum atomic E-state index is 10.8. The van der Waals surface area contributed by atoms with Crippen LogP contribution in [-0.4, -0.2) is 33.3 Å². The summed E-state index contributed by atoms with van der Waals surface area (Å²) in [6, 6.07) is 13.3. The number of pyridine rings is 1. The minimum atomic E-state index is -3.10. The smallest absolute Gasteiger partial charge is 0.208 e. The summed E-state index contributed by atoms with van der Waals surface area (Å²) >= 11 is 0. The van der Waals surface area contributed by atoms with E-state index in [4.69, 9.17) is 4.74 Å². The molecule has 2 aromatic rings. The molecule has 0 radical (unpaired) electrons. The molecule has 0 amide bonds. The quantitative estimate of drug-likeness (QED) is 0.915. The zero-order valence-electron chi connectivity index (χ0n) is 12.2. The SMILES string of the molecule is COc1ccccc1CCNS(C)(=O)=O.c1ccncc1. The molecule has 6 heteroatoms. The Balaban J connectivity index is 0.000000304. The minimum Gasteiger partial charge on any atom is -0.496 e. The van der Waals surface area contributed by atoms with Gasteiger partial charge in [0.1, 0.15) is 5.75 Å². The Hall–Kier alpha value is -1.92. The van der Waals surface area contributed by atoms with Crippen LogP contribution >= 0.6 is 0 Å². The van der Waals surface area contributed by atoms with E-state index in [1.807, 2.05) is 42.5 Å². The molecule has 0 unspecified atom stereocenters. The van der Waals surface area contributed by atoms with Gasteiger partial charge < -0.3 is 4.74 Å². The van der Waals surface area contributed by atoms with Crippen molar-refractivity contribution in [1.82, 2.24) is 9.71 Å². The van der Waals surface area contributed by atoms with Crippen LogP contribution in [0.2, 0.25) is 0 Å². The molecule has 114 valence electrons. The number of hydrogen-bond acceptors (Lipinski definition) is 4. The van der Waals surface area contributed by atoms with E-state index in [0.29, 0.717) is 13.0 Å². The Morgan fingerprint density at radius 2 is 1.76 bits per heavy atom. The molecule has 1 aromatic heterocycles. The van der Waals surface area contributed by atoms with Crippen molar-refractivity contribution in [3.63, 3.8) is 0 Å². The van der Waals surface area contributed by atoms with Crippen LogP contribution in [0.4, 0.5) is 0 Å². The molecular weight excluding hydrogens is 288 g/mol. The predicted octanol–water partition coefficient (Wildman–Crippen LogP) is 1.87. The summed E-state index contributed by atoms with van der Waals surface area (Å²) in [4.78, 5) is 3.78. The number of hydrogen-bond donors (Lipinski definition) is 1. The van der Waals surface area contributed by atoms with Gasteiger partial charge >= 0.3 is 0 Å². The van der Waals surface area contributed by atoms with Crippen molar-refractivity contribution >= 4 is 10.0 Å². The van der Waals surface area contributed by atoms with Crippen molar-refractivity contribution in [3.05, 3.63) is 60.4 Å². The van der Waals surface area contributed by atoms with E-state index in [0.717, 1.165) is 17.6 Å². The molecule has 0 saturated carbocycles. The summed E-state index contributed by atoms with van der Waals surface area (Å²) in [5.74, 6) is 0.785. The molecule has 0 aliphatic rings. The van der Waals surface area contributed by atoms with Gasteiger partial charge in [0, 0.05) is 18.9 Å². The lowest BCUT2D eigenvalue weighted by molar-refractivity contribution is 0.409. The molecule has 0 saturated heterocycles. The highest BCUT2D eigenvalue weighted by Gasteiger charge is 2.03. The molecule has 5 nitrogen and oxygen atoms in total. The average Bonchev–Trinajstić information content (AvgIpc) is 2.49. The first-order valence-corrected chi connectivity index (χ1v) is 8.33. The number of rotatable bonds is 5. The lowest BCUT2D eigenvalue weighted by atomic mass is 10.1. The molecule has 0 aliphatic heterocycles. The van der Waals surface area contributed by atoms with Crippen LogP contribution < -0.4 is 9.46 Å². The molecule has 1 aromatic carbocycles. The van der Waals surface area contributed by atoms with E-state index in [1.165, 1.54) is 0 Å². The molecule has 0 atom stereocenters. The fourth-order valence-corrected chi connectivity index (χ4v) is 2.07. The third-order valence-electron chi connectivity index (χ3n) is 2.52. The fourth-order valence-electron chi connectivity index (χ4n) is 1.59. The van der Waals surface area contributed by atoms with Crippen molar-refractivity contribution in [2.45, 2.75) is 6.42 Å². The zero-order valence-corrected chi connectivity index (χ0v) is 13.0. The largest absolute Gasteiger partial charge is 0.496 e. The summed E-state index contributed by atoms with van der Waals surface area (Å²) in [5, 5.41) is 0. The van der Waals surface area contributed by atoms with Crippen LogP contribution in [0.3, 0.4) is 0 Å². The van der Waals surface area contributed by atoms with Crippen LogP contribution in [-0.2, 0) is 16.4 Å². The number of nitrogens with zero attached hydrogens (tertiary/aromatic N) is 1. The highest BCUT2D eigenvalue weighted by Crippen LogP contribution is 2.17. The second kappa shape index (κ2) is 9.10. The number of para-hydroxylation sites is 1. The molecule has 0 spiro atoms. The van der Waals surface area contributed by atoms with Crippen LogP contribution in [0.5, 0.6) is 5.75 Å². The Labute approximate surface area is 126 Å². The van der Waals surface area contributed by atoms with E-state index in [1.54, 1.807) is 19.5 Å². The van der Waals surface area contributed by atoms with Crippen molar-refractivity contribution in [2.24, 2.45) is 0 Å². The molecule has 1 N–H and O–H groups in total. The van der Waals surface area contributed by atoms with Gasteiger partial charge in [-0.15, -0.1) is 0 Å². The molecule has 0 bridgehead atoms. The van der Waals surface area contributed by atoms with Crippen LogP contribution in [0, 0.1) is 0 Å². The van der Waals surface area contributed by atoms with E-state index in [-0.39, 0.29) is 0 Å². The van der Waals surface area contributed by atoms with Gasteiger partial charge in [0.25, 0.3) is 0 Å². The molecule has 0 aliphatic carbocycles. The number of aromatic nitrogens is 1. The maximum Gasteiger partial charge on any atom is 0.208 e. The first kappa shape index (κ1) is 17.1. The highest BCUT2D eigenvalue weighted by atomic mass is 32.2. The van der Waals surface area contributed by atoms with Crippen LogP contribution in [0.1, 0.15) is 5.56 Å². The van der Waals surface area contributed by atoms with Crippen molar-refractivity contribution in [2.75, 3.05) is 19.9 Å². The third kappa shape index (κ3) is 8.06. The van der Waals surface area contributed by atoms with E-state index in [9.17, 15) is 8.42 Å². The lowest BCUT2D eigenvalue weighted by Gasteiger charge is -2.07. The number of benzene rings is 1. The number of methoxy groups -OCH3 is 1. The van der Waals surface area contributed by atoms with Gasteiger partial charge in [0.2, 0.25) is 10.0 Å². The van der Waals surface area contributed by atoms with Gasteiger partial charge in [0.05, 0.1) is 13.4 Å². The zero-order chi connectivity index (χ0) is 15.6. The number of ether oxygens (including phenoxy) is 1. The Bertz CT molecular complexity index is 589. The van der Waals surface area contributed by atoms with Gasteiger partial charge in [-0.25, -0.2) is 13.1 Å². The summed E-state index contributed by atoms with van der Waals surface area (Å²) in [6.45, 7) is 0.388. The molecule has 21 heavy (non-hydrogen) atoms. The lowest BCUT2D eigenvalue weighted by Crippen LogP contribution is -2.24. The van der Waals surface area contributed by atoms with Crippen molar-refractivity contribution < 1.29 is 13.2 Å². The predicted molar refractivity (Wildman–Crippen MR) is 83.8 cm³/mol. The molecule has 2 rings (SSSR count). The number of nitrogens with one attached hydrogen (secondary N) is 1. The van der Waals surface area contributed by atoms with E-state index >= 15 is 0 Å². The van der Waals surface area contributed by atoms with Crippen LogP contribution in [0.15, 0.2) is 54.9 Å². The summed E-state index contributed by atoms with van der Waals surface area (Å²) in [6.07, 6.45) is 5.27. The first-order valence-electron chi connectivity index (χ1n) is 6.44. The first-order chi connectivity index (χ1) is 10.0. The normalized spacial score (nSPS) is 10.4.